The van der Waals surface area contributed by atoms with Crippen LogP contribution < -0.4 is 4.87 Å². The van der Waals surface area contributed by atoms with Crippen LogP contribution in [0, 0.1) is 0 Å². The highest BCUT2D eigenvalue weighted by Crippen LogP contribution is 1.97. The monoisotopic (exact) mass is 193 g/mol. The summed E-state index contributed by atoms with van der Waals surface area (Å²) in [6.45, 7) is 0.496. The molecule has 0 aliphatic carbocycles. The SMILES string of the molecule is O=c1scnn1Cc1cccnc1. The summed E-state index contributed by atoms with van der Waals surface area (Å²) in [6.07, 6.45) is 3.43. The van der Waals surface area contributed by atoms with E-state index in [1.54, 1.807) is 17.9 Å². The normalized spacial score (nSPS) is 10.2. The Bertz CT molecular complexity index is 434. The highest BCUT2D eigenvalue weighted by atomic mass is 32.1. The van der Waals surface area contributed by atoms with Gasteiger partial charge in [-0.1, -0.05) is 17.4 Å². The minimum atomic E-state index is -0.0381. The summed E-state index contributed by atoms with van der Waals surface area (Å²) in [7, 11) is 0. The number of aromatic nitrogens is 3. The van der Waals surface area contributed by atoms with Gasteiger partial charge < -0.3 is 0 Å². The first kappa shape index (κ1) is 8.12. The second kappa shape index (κ2) is 3.49. The van der Waals surface area contributed by atoms with Crippen LogP contribution in [-0.2, 0) is 6.54 Å². The van der Waals surface area contributed by atoms with Crippen molar-refractivity contribution in [3.63, 3.8) is 0 Å². The molecule has 66 valence electrons. The summed E-state index contributed by atoms with van der Waals surface area (Å²) in [6, 6.07) is 3.76. The fourth-order valence-electron chi connectivity index (χ4n) is 1.00. The molecule has 2 aromatic rings. The van der Waals surface area contributed by atoms with E-state index in [1.165, 1.54) is 4.68 Å². The molecular formula is C8H7N3OS. The van der Waals surface area contributed by atoms with E-state index >= 15 is 0 Å². The number of rotatable bonds is 2. The fraction of sp³-hybridized carbons (Fsp3) is 0.125. The van der Waals surface area contributed by atoms with Crippen molar-refractivity contribution in [1.82, 2.24) is 14.8 Å². The molecular weight excluding hydrogens is 186 g/mol. The third-order valence-corrected chi connectivity index (χ3v) is 2.22. The van der Waals surface area contributed by atoms with Crippen LogP contribution in [-0.4, -0.2) is 14.8 Å². The summed E-state index contributed by atoms with van der Waals surface area (Å²) in [5.74, 6) is 0. The molecule has 0 unspecified atom stereocenters. The molecule has 4 nitrogen and oxygen atoms in total. The zero-order valence-corrected chi connectivity index (χ0v) is 7.57. The van der Waals surface area contributed by atoms with Gasteiger partial charge in [-0.2, -0.15) is 5.10 Å². The van der Waals surface area contributed by atoms with Gasteiger partial charge in [-0.15, -0.1) is 0 Å². The highest BCUT2D eigenvalue weighted by Gasteiger charge is 1.98. The lowest BCUT2D eigenvalue weighted by molar-refractivity contribution is 0.664. The molecule has 2 aromatic heterocycles. The zero-order chi connectivity index (χ0) is 9.10. The lowest BCUT2D eigenvalue weighted by atomic mass is 10.3. The van der Waals surface area contributed by atoms with Gasteiger partial charge in [-0.25, -0.2) is 4.68 Å². The molecule has 13 heavy (non-hydrogen) atoms. The third-order valence-electron chi connectivity index (χ3n) is 1.61. The minimum Gasteiger partial charge on any atom is -0.264 e. The van der Waals surface area contributed by atoms with Crippen LogP contribution in [0.15, 0.2) is 34.8 Å². The Hall–Kier alpha value is -1.49. The maximum Gasteiger partial charge on any atom is 0.325 e. The molecule has 2 heterocycles. The maximum atomic E-state index is 11.1. The topological polar surface area (TPSA) is 47.8 Å². The minimum absolute atomic E-state index is 0.0381. The summed E-state index contributed by atoms with van der Waals surface area (Å²) in [5.41, 5.74) is 2.52. The zero-order valence-electron chi connectivity index (χ0n) is 6.75. The summed E-state index contributed by atoms with van der Waals surface area (Å²) in [5, 5.41) is 3.91. The first-order valence-electron chi connectivity index (χ1n) is 3.76. The molecule has 2 rings (SSSR count). The van der Waals surface area contributed by atoms with Gasteiger partial charge in [-0.3, -0.25) is 9.78 Å². The Balaban J connectivity index is 2.25. The smallest absolute Gasteiger partial charge is 0.264 e. The molecule has 0 spiro atoms. The molecule has 0 amide bonds. The van der Waals surface area contributed by atoms with Crippen LogP contribution in [0.2, 0.25) is 0 Å². The van der Waals surface area contributed by atoms with Gasteiger partial charge in [0.1, 0.15) is 5.51 Å². The second-order valence-corrected chi connectivity index (χ2v) is 3.32. The lowest BCUT2D eigenvalue weighted by Gasteiger charge is -1.97. The van der Waals surface area contributed by atoms with E-state index in [0.717, 1.165) is 16.9 Å². The van der Waals surface area contributed by atoms with Gasteiger partial charge >= 0.3 is 4.87 Å². The van der Waals surface area contributed by atoms with Crippen molar-refractivity contribution >= 4 is 11.3 Å². The van der Waals surface area contributed by atoms with E-state index < -0.39 is 0 Å². The largest absolute Gasteiger partial charge is 0.325 e. The van der Waals surface area contributed by atoms with Crippen LogP contribution in [0.1, 0.15) is 5.56 Å². The molecule has 0 saturated heterocycles. The van der Waals surface area contributed by atoms with Crippen LogP contribution in [0.5, 0.6) is 0 Å². The van der Waals surface area contributed by atoms with Crippen molar-refractivity contribution in [1.29, 1.82) is 0 Å². The molecule has 0 bridgehead atoms. The number of hydrogen-bond donors (Lipinski definition) is 0. The van der Waals surface area contributed by atoms with E-state index in [-0.39, 0.29) is 4.87 Å². The van der Waals surface area contributed by atoms with Crippen LogP contribution >= 0.6 is 11.3 Å². The van der Waals surface area contributed by atoms with Gasteiger partial charge in [0, 0.05) is 12.4 Å². The third kappa shape index (κ3) is 1.81. The van der Waals surface area contributed by atoms with E-state index in [4.69, 9.17) is 0 Å². The van der Waals surface area contributed by atoms with Crippen molar-refractivity contribution in [2.24, 2.45) is 0 Å². The Kier molecular flexibility index (Phi) is 2.18. The quantitative estimate of drug-likeness (QED) is 0.707. The summed E-state index contributed by atoms with van der Waals surface area (Å²) >= 11 is 1.10. The molecule has 0 atom stereocenters. The fourth-order valence-corrected chi connectivity index (χ4v) is 1.49. The van der Waals surface area contributed by atoms with Gasteiger partial charge in [0.15, 0.2) is 0 Å². The second-order valence-electron chi connectivity index (χ2n) is 2.52. The Morgan fingerprint density at radius 2 is 2.46 bits per heavy atom. The van der Waals surface area contributed by atoms with Gasteiger partial charge in [0.05, 0.1) is 6.54 Å². The first-order chi connectivity index (χ1) is 6.36. The molecule has 0 radical (unpaired) electrons. The van der Waals surface area contributed by atoms with Crippen LogP contribution in [0.25, 0.3) is 0 Å². The predicted octanol–water partition coefficient (Wildman–Crippen LogP) is 0.748. The molecule has 0 saturated carbocycles. The van der Waals surface area contributed by atoms with Crippen molar-refractivity contribution in [3.05, 3.63) is 45.3 Å². The van der Waals surface area contributed by atoms with Gasteiger partial charge in [-0.05, 0) is 11.6 Å². The Morgan fingerprint density at radius 1 is 1.54 bits per heavy atom. The molecule has 5 heteroatoms. The Morgan fingerprint density at radius 3 is 3.08 bits per heavy atom. The highest BCUT2D eigenvalue weighted by molar-refractivity contribution is 7.06. The van der Waals surface area contributed by atoms with Crippen molar-refractivity contribution in [3.8, 4) is 0 Å². The average Bonchev–Trinajstić information content (AvgIpc) is 2.54. The van der Waals surface area contributed by atoms with E-state index in [2.05, 4.69) is 10.1 Å². The molecule has 0 N–H and O–H groups in total. The van der Waals surface area contributed by atoms with E-state index in [9.17, 15) is 4.79 Å². The number of nitrogens with zero attached hydrogens (tertiary/aromatic N) is 3. The van der Waals surface area contributed by atoms with Crippen LogP contribution in [0.4, 0.5) is 0 Å². The summed E-state index contributed by atoms with van der Waals surface area (Å²) < 4.78 is 1.42. The first-order valence-corrected chi connectivity index (χ1v) is 4.64. The molecule has 0 aromatic carbocycles. The lowest BCUT2D eigenvalue weighted by Crippen LogP contribution is -2.15. The molecule has 0 aliphatic heterocycles. The van der Waals surface area contributed by atoms with E-state index in [1.807, 2.05) is 12.1 Å². The maximum absolute atomic E-state index is 11.1. The molecule has 0 aliphatic rings. The number of pyridine rings is 1. The summed E-state index contributed by atoms with van der Waals surface area (Å²) in [4.78, 5) is 15.0. The van der Waals surface area contributed by atoms with Crippen molar-refractivity contribution < 1.29 is 0 Å². The van der Waals surface area contributed by atoms with Gasteiger partial charge in [0.25, 0.3) is 0 Å². The standard InChI is InChI=1S/C8H7N3OS/c12-8-11(10-6-13-8)5-7-2-1-3-9-4-7/h1-4,6H,5H2. The average molecular weight is 193 g/mol. The predicted molar refractivity (Wildman–Crippen MR) is 49.7 cm³/mol. The van der Waals surface area contributed by atoms with Gasteiger partial charge in [0.2, 0.25) is 0 Å². The van der Waals surface area contributed by atoms with Crippen LogP contribution in [0.3, 0.4) is 0 Å². The van der Waals surface area contributed by atoms with Crippen molar-refractivity contribution in [2.45, 2.75) is 6.54 Å². The Labute approximate surface area is 78.5 Å². The van der Waals surface area contributed by atoms with E-state index in [0.29, 0.717) is 6.54 Å². The van der Waals surface area contributed by atoms with Crippen molar-refractivity contribution in [2.75, 3.05) is 0 Å². The molecule has 0 fully saturated rings. The number of hydrogen-bond acceptors (Lipinski definition) is 4.